The number of carbonyl (C=O) groups is 1. The summed E-state index contributed by atoms with van der Waals surface area (Å²) >= 11 is 0. The van der Waals surface area contributed by atoms with Crippen LogP contribution in [0.4, 0.5) is 0 Å². The predicted octanol–water partition coefficient (Wildman–Crippen LogP) is 3.19. The van der Waals surface area contributed by atoms with Crippen LogP contribution < -0.4 is 0 Å². The van der Waals surface area contributed by atoms with Crippen molar-refractivity contribution in [1.29, 1.82) is 0 Å². The fourth-order valence-corrected chi connectivity index (χ4v) is 2.32. The van der Waals surface area contributed by atoms with Crippen LogP contribution in [0, 0.1) is 0 Å². The molecule has 0 aromatic carbocycles. The molecule has 2 atom stereocenters. The molecule has 0 amide bonds. The second-order valence-corrected chi connectivity index (χ2v) is 5.21. The summed E-state index contributed by atoms with van der Waals surface area (Å²) in [5.74, 6) is -0.248. The van der Waals surface area contributed by atoms with Gasteiger partial charge in [0.15, 0.2) is 0 Å². The highest BCUT2D eigenvalue weighted by Crippen LogP contribution is 2.15. The predicted molar refractivity (Wildman–Crippen MR) is 67.7 cm³/mol. The van der Waals surface area contributed by atoms with Crippen LogP contribution in [0.15, 0.2) is 0 Å². The Morgan fingerprint density at radius 3 is 2.18 bits per heavy atom. The van der Waals surface area contributed by atoms with E-state index in [0.717, 1.165) is 25.7 Å². The maximum atomic E-state index is 11.5. The zero-order valence-corrected chi connectivity index (χ0v) is 11.0. The summed E-state index contributed by atoms with van der Waals surface area (Å²) in [7, 11) is 0. The molecule has 0 unspecified atom stereocenters. The zero-order chi connectivity index (χ0) is 12.5. The summed E-state index contributed by atoms with van der Waals surface area (Å²) in [5.41, 5.74) is 0. The van der Waals surface area contributed by atoms with Crippen molar-refractivity contribution < 1.29 is 14.6 Å². The molecule has 1 saturated heterocycles. The minimum atomic E-state index is -0.516. The van der Waals surface area contributed by atoms with E-state index in [1.165, 1.54) is 32.1 Å². The van der Waals surface area contributed by atoms with Gasteiger partial charge in [-0.15, -0.1) is 0 Å². The highest BCUT2D eigenvalue weighted by Gasteiger charge is 2.14. The molecule has 17 heavy (non-hydrogen) atoms. The smallest absolute Gasteiger partial charge is 0.308 e. The first kappa shape index (κ1) is 14.5. The van der Waals surface area contributed by atoms with E-state index in [9.17, 15) is 9.90 Å². The minimum absolute atomic E-state index is 0.00218. The molecule has 1 N–H and O–H groups in total. The Bertz CT molecular complexity index is 196. The Morgan fingerprint density at radius 1 is 1.00 bits per heavy atom. The Balaban J connectivity index is 2.34. The molecule has 0 aliphatic carbocycles. The quantitative estimate of drug-likeness (QED) is 0.664. The van der Waals surface area contributed by atoms with Gasteiger partial charge in [0.05, 0.1) is 18.6 Å². The van der Waals surface area contributed by atoms with Crippen LogP contribution in [0.1, 0.15) is 71.1 Å². The van der Waals surface area contributed by atoms with Crippen molar-refractivity contribution in [3.05, 3.63) is 0 Å². The van der Waals surface area contributed by atoms with Crippen LogP contribution in [-0.2, 0) is 9.53 Å². The summed E-state index contributed by atoms with van der Waals surface area (Å²) in [6, 6.07) is 0. The van der Waals surface area contributed by atoms with E-state index in [2.05, 4.69) is 0 Å². The van der Waals surface area contributed by atoms with Gasteiger partial charge in [-0.2, -0.15) is 0 Å². The van der Waals surface area contributed by atoms with Gasteiger partial charge in [0.25, 0.3) is 0 Å². The van der Waals surface area contributed by atoms with E-state index in [1.807, 2.05) is 6.92 Å². The largest absolute Gasteiger partial charge is 0.463 e. The highest BCUT2D eigenvalue weighted by molar-refractivity contribution is 5.70. The number of aliphatic hydroxyl groups is 1. The topological polar surface area (TPSA) is 46.5 Å². The van der Waals surface area contributed by atoms with E-state index >= 15 is 0 Å². The first-order chi connectivity index (χ1) is 8.18. The van der Waals surface area contributed by atoms with Gasteiger partial charge in [-0.3, -0.25) is 4.79 Å². The van der Waals surface area contributed by atoms with Crippen LogP contribution in [-0.4, -0.2) is 23.3 Å². The lowest BCUT2D eigenvalue weighted by atomic mass is 10.0. The third-order valence-electron chi connectivity index (χ3n) is 3.38. The molecule has 1 aliphatic rings. The van der Waals surface area contributed by atoms with Crippen molar-refractivity contribution in [3.63, 3.8) is 0 Å². The van der Waals surface area contributed by atoms with E-state index in [-0.39, 0.29) is 18.5 Å². The number of cyclic esters (lactones) is 1. The Morgan fingerprint density at radius 2 is 1.53 bits per heavy atom. The molecule has 1 aliphatic heterocycles. The van der Waals surface area contributed by atoms with E-state index < -0.39 is 6.10 Å². The average Bonchev–Trinajstić information content (AvgIpc) is 2.25. The summed E-state index contributed by atoms with van der Waals surface area (Å²) < 4.78 is 5.27. The van der Waals surface area contributed by atoms with Gasteiger partial charge in [0.2, 0.25) is 0 Å². The van der Waals surface area contributed by atoms with Gasteiger partial charge < -0.3 is 9.84 Å². The Kier molecular flexibility index (Phi) is 7.25. The van der Waals surface area contributed by atoms with E-state index in [4.69, 9.17) is 4.74 Å². The van der Waals surface area contributed by atoms with E-state index in [0.29, 0.717) is 0 Å². The SMILES string of the molecule is C[C@H]1CCCCCCCCC[C@@H](O)CC(=O)O1. The van der Waals surface area contributed by atoms with Crippen LogP contribution in [0.5, 0.6) is 0 Å². The summed E-state index contributed by atoms with van der Waals surface area (Å²) in [5, 5.41) is 9.67. The Hall–Kier alpha value is -0.570. The summed E-state index contributed by atoms with van der Waals surface area (Å²) in [6.45, 7) is 1.94. The van der Waals surface area contributed by atoms with Gasteiger partial charge in [0.1, 0.15) is 0 Å². The molecular formula is C14H26O3. The Labute approximate surface area is 105 Å². The van der Waals surface area contributed by atoms with E-state index in [1.54, 1.807) is 0 Å². The molecule has 0 aromatic heterocycles. The van der Waals surface area contributed by atoms with Crippen LogP contribution in [0.2, 0.25) is 0 Å². The normalized spacial score (nSPS) is 30.4. The van der Waals surface area contributed by atoms with Crippen molar-refractivity contribution in [1.82, 2.24) is 0 Å². The lowest BCUT2D eigenvalue weighted by Crippen LogP contribution is -2.20. The van der Waals surface area contributed by atoms with Gasteiger partial charge in [-0.1, -0.05) is 38.5 Å². The third-order valence-corrected chi connectivity index (χ3v) is 3.38. The zero-order valence-electron chi connectivity index (χ0n) is 11.0. The monoisotopic (exact) mass is 242 g/mol. The molecule has 1 heterocycles. The van der Waals surface area contributed by atoms with Crippen molar-refractivity contribution in [2.75, 3.05) is 0 Å². The van der Waals surface area contributed by atoms with Gasteiger partial charge >= 0.3 is 5.97 Å². The van der Waals surface area contributed by atoms with Crippen LogP contribution in [0.3, 0.4) is 0 Å². The number of ether oxygens (including phenoxy) is 1. The fourth-order valence-electron chi connectivity index (χ4n) is 2.32. The molecular weight excluding hydrogens is 216 g/mol. The van der Waals surface area contributed by atoms with Gasteiger partial charge in [0, 0.05) is 0 Å². The second kappa shape index (κ2) is 8.51. The number of hydrogen-bond donors (Lipinski definition) is 1. The minimum Gasteiger partial charge on any atom is -0.463 e. The van der Waals surface area contributed by atoms with Crippen LogP contribution >= 0.6 is 0 Å². The highest BCUT2D eigenvalue weighted by atomic mass is 16.5. The average molecular weight is 242 g/mol. The third kappa shape index (κ3) is 7.37. The van der Waals surface area contributed by atoms with Crippen molar-refractivity contribution in [2.24, 2.45) is 0 Å². The molecule has 1 fully saturated rings. The summed E-state index contributed by atoms with van der Waals surface area (Å²) in [4.78, 5) is 11.5. The van der Waals surface area contributed by atoms with Gasteiger partial charge in [-0.25, -0.2) is 0 Å². The maximum absolute atomic E-state index is 11.5. The first-order valence-corrected chi connectivity index (χ1v) is 7.06. The molecule has 0 aromatic rings. The lowest BCUT2D eigenvalue weighted by molar-refractivity contribution is -0.150. The molecule has 3 heteroatoms. The molecule has 100 valence electrons. The number of hydrogen-bond acceptors (Lipinski definition) is 3. The number of esters is 1. The standard InChI is InChI=1S/C14H26O3/c1-12-9-7-5-3-2-4-6-8-10-13(15)11-14(16)17-12/h12-13,15H,2-11H2,1H3/t12-,13+/m0/s1. The van der Waals surface area contributed by atoms with Gasteiger partial charge in [-0.05, 0) is 26.2 Å². The van der Waals surface area contributed by atoms with Crippen LogP contribution in [0.25, 0.3) is 0 Å². The maximum Gasteiger partial charge on any atom is 0.308 e. The summed E-state index contributed by atoms with van der Waals surface area (Å²) in [6.07, 6.45) is 9.71. The van der Waals surface area contributed by atoms with Crippen molar-refractivity contribution >= 4 is 5.97 Å². The number of carbonyl (C=O) groups excluding carboxylic acids is 1. The molecule has 1 rings (SSSR count). The first-order valence-electron chi connectivity index (χ1n) is 7.06. The molecule has 3 nitrogen and oxygen atoms in total. The number of aliphatic hydroxyl groups excluding tert-OH is 1. The molecule has 0 spiro atoms. The number of rotatable bonds is 0. The lowest BCUT2D eigenvalue weighted by Gasteiger charge is -2.16. The second-order valence-electron chi connectivity index (χ2n) is 5.21. The van der Waals surface area contributed by atoms with Crippen molar-refractivity contribution in [3.8, 4) is 0 Å². The fraction of sp³-hybridized carbons (Fsp3) is 0.929. The molecule has 0 saturated carbocycles. The molecule has 0 radical (unpaired) electrons. The molecule has 0 bridgehead atoms. The van der Waals surface area contributed by atoms with Crippen molar-refractivity contribution in [2.45, 2.75) is 83.3 Å².